The van der Waals surface area contributed by atoms with Crippen molar-refractivity contribution in [3.63, 3.8) is 0 Å². The van der Waals surface area contributed by atoms with Gasteiger partial charge in [-0.3, -0.25) is 4.79 Å². The Bertz CT molecular complexity index is 1210. The van der Waals surface area contributed by atoms with Crippen molar-refractivity contribution in [1.29, 1.82) is 0 Å². The third-order valence-electron chi connectivity index (χ3n) is 4.51. The highest BCUT2D eigenvalue weighted by molar-refractivity contribution is 7.99. The quantitative estimate of drug-likeness (QED) is 0.232. The summed E-state index contributed by atoms with van der Waals surface area (Å²) in [6.45, 7) is 2.60. The molecule has 1 amide bonds. The standard InChI is InChI=1S/C22H19ClN4OS2/c1-15-10-11-29-20(15)12-24-26-21(28)14-30-22-25-18-8-4-5-9-19(18)27(22)13-16-6-2-3-7-17(16)23/h2-12H,13-14H2,1H3,(H,26,28). The number of fused-ring (bicyclic) bond motifs is 1. The highest BCUT2D eigenvalue weighted by Crippen LogP contribution is 2.27. The summed E-state index contributed by atoms with van der Waals surface area (Å²) < 4.78 is 2.09. The van der Waals surface area contributed by atoms with Crippen LogP contribution in [0.4, 0.5) is 0 Å². The molecule has 0 aliphatic carbocycles. The van der Waals surface area contributed by atoms with Crippen molar-refractivity contribution in [2.24, 2.45) is 5.10 Å². The van der Waals surface area contributed by atoms with Crippen molar-refractivity contribution in [1.82, 2.24) is 15.0 Å². The number of hydrazone groups is 1. The number of imidazole rings is 1. The second-order valence-electron chi connectivity index (χ2n) is 6.61. The van der Waals surface area contributed by atoms with Gasteiger partial charge in [0, 0.05) is 9.90 Å². The monoisotopic (exact) mass is 454 g/mol. The molecule has 2 heterocycles. The number of nitrogens with zero attached hydrogens (tertiary/aromatic N) is 3. The number of carbonyl (C=O) groups is 1. The Morgan fingerprint density at radius 3 is 2.83 bits per heavy atom. The lowest BCUT2D eigenvalue weighted by Gasteiger charge is -2.10. The van der Waals surface area contributed by atoms with Crippen LogP contribution in [0.2, 0.25) is 5.02 Å². The number of hydrogen-bond donors (Lipinski definition) is 1. The second kappa shape index (κ2) is 9.47. The first-order chi connectivity index (χ1) is 14.6. The van der Waals surface area contributed by atoms with E-state index in [4.69, 9.17) is 16.6 Å². The average Bonchev–Trinajstić information content (AvgIpc) is 3.31. The molecule has 0 radical (unpaired) electrons. The fourth-order valence-corrected chi connectivity index (χ4v) is 4.74. The SMILES string of the molecule is Cc1ccsc1C=NNC(=O)CSc1nc2ccccc2n1Cc1ccccc1Cl. The lowest BCUT2D eigenvalue weighted by Crippen LogP contribution is -2.20. The first-order valence-corrected chi connectivity index (χ1v) is 11.5. The number of halogens is 1. The summed E-state index contributed by atoms with van der Waals surface area (Å²) in [5.41, 5.74) is 6.63. The van der Waals surface area contributed by atoms with E-state index in [-0.39, 0.29) is 11.7 Å². The summed E-state index contributed by atoms with van der Waals surface area (Å²) in [6, 6.07) is 17.7. The van der Waals surface area contributed by atoms with E-state index in [0.717, 1.165) is 32.2 Å². The second-order valence-corrected chi connectivity index (χ2v) is 8.91. The molecule has 30 heavy (non-hydrogen) atoms. The molecule has 152 valence electrons. The Labute approximate surface area is 187 Å². The number of para-hydroxylation sites is 2. The molecule has 2 aromatic heterocycles. The first kappa shape index (κ1) is 20.7. The minimum Gasteiger partial charge on any atom is -0.314 e. The molecular formula is C22H19ClN4OS2. The Morgan fingerprint density at radius 2 is 2.03 bits per heavy atom. The maximum absolute atomic E-state index is 12.3. The molecule has 0 aliphatic heterocycles. The summed E-state index contributed by atoms with van der Waals surface area (Å²) in [5, 5.41) is 7.54. The van der Waals surface area contributed by atoms with Crippen LogP contribution in [0.15, 0.2) is 70.2 Å². The number of thioether (sulfide) groups is 1. The molecule has 0 spiro atoms. The van der Waals surface area contributed by atoms with Gasteiger partial charge >= 0.3 is 0 Å². The molecule has 0 saturated heterocycles. The fraction of sp³-hybridized carbons (Fsp3) is 0.136. The van der Waals surface area contributed by atoms with Gasteiger partial charge < -0.3 is 4.57 Å². The Hall–Kier alpha value is -2.61. The topological polar surface area (TPSA) is 59.3 Å². The zero-order valence-electron chi connectivity index (χ0n) is 16.2. The van der Waals surface area contributed by atoms with Crippen LogP contribution in [0.1, 0.15) is 16.0 Å². The van der Waals surface area contributed by atoms with Gasteiger partial charge in [0.2, 0.25) is 0 Å². The van der Waals surface area contributed by atoms with E-state index in [1.54, 1.807) is 17.6 Å². The zero-order valence-corrected chi connectivity index (χ0v) is 18.6. The van der Waals surface area contributed by atoms with Gasteiger partial charge in [-0.1, -0.05) is 53.7 Å². The van der Waals surface area contributed by atoms with Gasteiger partial charge in [0.25, 0.3) is 5.91 Å². The van der Waals surface area contributed by atoms with Crippen LogP contribution in [0.25, 0.3) is 11.0 Å². The number of nitrogens with one attached hydrogen (secondary N) is 1. The lowest BCUT2D eigenvalue weighted by atomic mass is 10.2. The normalized spacial score (nSPS) is 11.4. The Morgan fingerprint density at radius 1 is 1.23 bits per heavy atom. The average molecular weight is 455 g/mol. The maximum Gasteiger partial charge on any atom is 0.250 e. The highest BCUT2D eigenvalue weighted by atomic mass is 35.5. The molecule has 5 nitrogen and oxygen atoms in total. The van der Waals surface area contributed by atoms with Crippen LogP contribution < -0.4 is 5.43 Å². The molecule has 0 bridgehead atoms. The van der Waals surface area contributed by atoms with Gasteiger partial charge in [-0.2, -0.15) is 5.10 Å². The summed E-state index contributed by atoms with van der Waals surface area (Å²) in [7, 11) is 0. The number of carbonyl (C=O) groups excluding carboxylic acids is 1. The number of amides is 1. The number of benzene rings is 2. The summed E-state index contributed by atoms with van der Waals surface area (Å²) >= 11 is 9.33. The van der Waals surface area contributed by atoms with Crippen LogP contribution in [0, 0.1) is 6.92 Å². The summed E-state index contributed by atoms with van der Waals surface area (Å²) in [5.74, 6) is 0.0360. The van der Waals surface area contributed by atoms with Crippen molar-refractivity contribution in [3.8, 4) is 0 Å². The minimum atomic E-state index is -0.179. The number of rotatable bonds is 7. The van der Waals surface area contributed by atoms with Gasteiger partial charge in [0.05, 0.1) is 29.5 Å². The minimum absolute atomic E-state index is 0.179. The lowest BCUT2D eigenvalue weighted by molar-refractivity contribution is -0.118. The fourth-order valence-electron chi connectivity index (χ4n) is 2.96. The molecule has 0 atom stereocenters. The Kier molecular flexibility index (Phi) is 6.52. The van der Waals surface area contributed by atoms with Gasteiger partial charge in [0.15, 0.2) is 5.16 Å². The smallest absolute Gasteiger partial charge is 0.250 e. The van der Waals surface area contributed by atoms with Crippen molar-refractivity contribution < 1.29 is 4.79 Å². The molecule has 8 heteroatoms. The van der Waals surface area contributed by atoms with Crippen molar-refractivity contribution in [2.45, 2.75) is 18.6 Å². The predicted octanol–water partition coefficient (Wildman–Crippen LogP) is 5.35. The van der Waals surface area contributed by atoms with E-state index in [0.29, 0.717) is 11.6 Å². The Balaban J connectivity index is 1.48. The molecule has 0 aliphatic rings. The van der Waals surface area contributed by atoms with Gasteiger partial charge in [-0.05, 0) is 47.7 Å². The molecule has 4 aromatic rings. The van der Waals surface area contributed by atoms with Crippen molar-refractivity contribution in [3.05, 3.63) is 81.0 Å². The maximum atomic E-state index is 12.3. The van der Waals surface area contributed by atoms with Crippen LogP contribution in [0.3, 0.4) is 0 Å². The van der Waals surface area contributed by atoms with Crippen molar-refractivity contribution >= 4 is 57.9 Å². The van der Waals surface area contributed by atoms with E-state index in [2.05, 4.69) is 15.1 Å². The molecule has 1 N–H and O–H groups in total. The third kappa shape index (κ3) is 4.75. The van der Waals surface area contributed by atoms with Crippen LogP contribution >= 0.6 is 34.7 Å². The van der Waals surface area contributed by atoms with E-state index < -0.39 is 0 Å². The van der Waals surface area contributed by atoms with Crippen molar-refractivity contribution in [2.75, 3.05) is 5.75 Å². The van der Waals surface area contributed by atoms with Crippen LogP contribution in [0.5, 0.6) is 0 Å². The van der Waals surface area contributed by atoms with Gasteiger partial charge in [-0.15, -0.1) is 11.3 Å². The largest absolute Gasteiger partial charge is 0.314 e. The van der Waals surface area contributed by atoms with E-state index in [9.17, 15) is 4.79 Å². The van der Waals surface area contributed by atoms with Gasteiger partial charge in [0.1, 0.15) is 0 Å². The molecular weight excluding hydrogens is 436 g/mol. The zero-order chi connectivity index (χ0) is 20.9. The number of hydrogen-bond acceptors (Lipinski definition) is 5. The van der Waals surface area contributed by atoms with E-state index in [1.807, 2.05) is 66.9 Å². The third-order valence-corrected chi connectivity index (χ3v) is 6.81. The van der Waals surface area contributed by atoms with Crippen LogP contribution in [-0.4, -0.2) is 27.4 Å². The van der Waals surface area contributed by atoms with Gasteiger partial charge in [-0.25, -0.2) is 10.4 Å². The highest BCUT2D eigenvalue weighted by Gasteiger charge is 2.14. The molecule has 4 rings (SSSR count). The molecule has 0 saturated carbocycles. The van der Waals surface area contributed by atoms with Crippen LogP contribution in [-0.2, 0) is 11.3 Å². The predicted molar refractivity (Wildman–Crippen MR) is 126 cm³/mol. The molecule has 0 fully saturated rings. The summed E-state index contributed by atoms with van der Waals surface area (Å²) in [6.07, 6.45) is 1.68. The number of aromatic nitrogens is 2. The molecule has 0 unspecified atom stereocenters. The number of thiophene rings is 1. The van der Waals surface area contributed by atoms with E-state index >= 15 is 0 Å². The molecule has 2 aromatic carbocycles. The van der Waals surface area contributed by atoms with E-state index in [1.165, 1.54) is 11.8 Å². The first-order valence-electron chi connectivity index (χ1n) is 9.29. The summed E-state index contributed by atoms with van der Waals surface area (Å²) in [4.78, 5) is 18.0. The number of aryl methyl sites for hydroxylation is 1.